The zero-order valence-corrected chi connectivity index (χ0v) is 31.4. The standard InChI is InChI=1S/C39H62O2Si2/c1-33(29-31-40-42(10,11)38(4,5)6)22-15-12-16-23-34(2)32-35(3)24-21-30-41-43(39(7,8)9,36-25-17-13-18-26-36)37-27-19-14-20-28-37/h12-14,16-20,23-28,33H,15,21-22,29-32H2,1-11H3/b16-12+,34-23+,35-24+/t33-/m0/s1. The van der Waals surface area contributed by atoms with Crippen LogP contribution in [0.5, 0.6) is 0 Å². The van der Waals surface area contributed by atoms with Crippen LogP contribution in [-0.4, -0.2) is 29.8 Å². The molecule has 0 saturated heterocycles. The van der Waals surface area contributed by atoms with Crippen molar-refractivity contribution in [1.29, 1.82) is 0 Å². The summed E-state index contributed by atoms with van der Waals surface area (Å²) in [6.45, 7) is 27.1. The molecular weight excluding hydrogens is 557 g/mol. The summed E-state index contributed by atoms with van der Waals surface area (Å²) in [6, 6.07) is 21.8. The third-order valence-electron chi connectivity index (χ3n) is 9.13. The van der Waals surface area contributed by atoms with Crippen LogP contribution in [0.4, 0.5) is 0 Å². The van der Waals surface area contributed by atoms with Gasteiger partial charge in [-0.3, -0.25) is 0 Å². The fourth-order valence-corrected chi connectivity index (χ4v) is 11.1. The lowest BCUT2D eigenvalue weighted by Gasteiger charge is -2.43. The van der Waals surface area contributed by atoms with Crippen LogP contribution < -0.4 is 10.4 Å². The Morgan fingerprint density at radius 2 is 1.28 bits per heavy atom. The van der Waals surface area contributed by atoms with E-state index in [1.165, 1.54) is 27.9 Å². The third-order valence-corrected chi connectivity index (χ3v) is 18.7. The lowest BCUT2D eigenvalue weighted by Crippen LogP contribution is -2.66. The Labute approximate surface area is 268 Å². The predicted molar refractivity (Wildman–Crippen MR) is 196 cm³/mol. The predicted octanol–water partition coefficient (Wildman–Crippen LogP) is 10.6. The molecule has 1 atom stereocenters. The summed E-state index contributed by atoms with van der Waals surface area (Å²) in [6.07, 6.45) is 14.6. The fourth-order valence-electron chi connectivity index (χ4n) is 5.44. The summed E-state index contributed by atoms with van der Waals surface area (Å²) >= 11 is 0. The van der Waals surface area contributed by atoms with Crippen LogP contribution in [0.2, 0.25) is 23.2 Å². The molecule has 0 bridgehead atoms. The van der Waals surface area contributed by atoms with Gasteiger partial charge in [-0.25, -0.2) is 0 Å². The summed E-state index contributed by atoms with van der Waals surface area (Å²) in [4.78, 5) is 0. The number of allylic oxidation sites excluding steroid dienone is 5. The van der Waals surface area contributed by atoms with Gasteiger partial charge in [0.25, 0.3) is 8.32 Å². The summed E-state index contributed by atoms with van der Waals surface area (Å²) in [5.41, 5.74) is 2.80. The molecule has 43 heavy (non-hydrogen) atoms. The maximum atomic E-state index is 7.05. The van der Waals surface area contributed by atoms with Gasteiger partial charge in [0.2, 0.25) is 0 Å². The first-order chi connectivity index (χ1) is 20.1. The number of rotatable bonds is 16. The van der Waals surface area contributed by atoms with E-state index in [2.05, 4.69) is 160 Å². The normalized spacial score (nSPS) is 14.9. The van der Waals surface area contributed by atoms with Crippen LogP contribution in [0.1, 0.15) is 94.4 Å². The van der Waals surface area contributed by atoms with Crippen molar-refractivity contribution in [1.82, 2.24) is 0 Å². The zero-order valence-electron chi connectivity index (χ0n) is 29.4. The quantitative estimate of drug-likeness (QED) is 0.0806. The van der Waals surface area contributed by atoms with Crippen molar-refractivity contribution in [2.75, 3.05) is 13.2 Å². The average Bonchev–Trinajstić information content (AvgIpc) is 2.92. The van der Waals surface area contributed by atoms with Crippen molar-refractivity contribution in [3.8, 4) is 0 Å². The molecule has 0 amide bonds. The molecule has 238 valence electrons. The molecule has 0 fully saturated rings. The Morgan fingerprint density at radius 3 is 1.79 bits per heavy atom. The molecule has 2 rings (SSSR count). The second-order valence-corrected chi connectivity index (χ2v) is 24.2. The van der Waals surface area contributed by atoms with Crippen molar-refractivity contribution >= 4 is 27.0 Å². The summed E-state index contributed by atoms with van der Waals surface area (Å²) in [7, 11) is -4.10. The van der Waals surface area contributed by atoms with Crippen LogP contribution in [0.3, 0.4) is 0 Å². The maximum Gasteiger partial charge on any atom is 0.261 e. The van der Waals surface area contributed by atoms with Crippen molar-refractivity contribution in [2.45, 2.75) is 118 Å². The minimum Gasteiger partial charge on any atom is -0.417 e. The van der Waals surface area contributed by atoms with E-state index >= 15 is 0 Å². The van der Waals surface area contributed by atoms with Crippen LogP contribution in [-0.2, 0) is 8.85 Å². The van der Waals surface area contributed by atoms with Crippen molar-refractivity contribution in [3.63, 3.8) is 0 Å². The Balaban J connectivity index is 1.87. The molecule has 0 N–H and O–H groups in total. The lowest BCUT2D eigenvalue weighted by atomic mass is 10.0. The first-order valence-electron chi connectivity index (χ1n) is 16.5. The highest BCUT2D eigenvalue weighted by atomic mass is 28.4. The molecular formula is C39H62O2Si2. The molecule has 0 aliphatic rings. The molecule has 0 heterocycles. The largest absolute Gasteiger partial charge is 0.417 e. The van der Waals surface area contributed by atoms with Gasteiger partial charge in [0, 0.05) is 13.2 Å². The van der Waals surface area contributed by atoms with E-state index in [-0.39, 0.29) is 10.1 Å². The Morgan fingerprint density at radius 1 is 0.721 bits per heavy atom. The summed E-state index contributed by atoms with van der Waals surface area (Å²) in [5, 5.41) is 2.98. The van der Waals surface area contributed by atoms with Crippen LogP contribution in [0.15, 0.2) is 96.1 Å². The number of benzene rings is 2. The van der Waals surface area contributed by atoms with E-state index in [0.29, 0.717) is 5.92 Å². The van der Waals surface area contributed by atoms with Crippen molar-refractivity contribution in [3.05, 3.63) is 96.1 Å². The Bertz CT molecular complexity index is 1130. The van der Waals surface area contributed by atoms with E-state index < -0.39 is 16.6 Å². The van der Waals surface area contributed by atoms with Crippen LogP contribution in [0, 0.1) is 5.92 Å². The number of hydrogen-bond donors (Lipinski definition) is 0. The van der Waals surface area contributed by atoms with Gasteiger partial charge >= 0.3 is 0 Å². The summed E-state index contributed by atoms with van der Waals surface area (Å²) < 4.78 is 13.4. The molecule has 0 radical (unpaired) electrons. The first-order valence-corrected chi connectivity index (χ1v) is 21.3. The van der Waals surface area contributed by atoms with E-state index in [4.69, 9.17) is 8.85 Å². The van der Waals surface area contributed by atoms with Gasteiger partial charge in [-0.05, 0) is 85.4 Å². The van der Waals surface area contributed by atoms with Gasteiger partial charge in [0.05, 0.1) is 0 Å². The van der Waals surface area contributed by atoms with Gasteiger partial charge in [-0.2, -0.15) is 0 Å². The monoisotopic (exact) mass is 618 g/mol. The average molecular weight is 619 g/mol. The fraction of sp³-hybridized carbons (Fsp3) is 0.538. The van der Waals surface area contributed by atoms with Gasteiger partial charge in [0.1, 0.15) is 0 Å². The van der Waals surface area contributed by atoms with Gasteiger partial charge in [0.15, 0.2) is 8.32 Å². The Kier molecular flexibility index (Phi) is 14.6. The molecule has 0 aromatic heterocycles. The highest BCUT2D eigenvalue weighted by Gasteiger charge is 2.49. The van der Waals surface area contributed by atoms with Crippen molar-refractivity contribution in [2.24, 2.45) is 5.92 Å². The number of hydrogen-bond acceptors (Lipinski definition) is 2. The zero-order chi connectivity index (χ0) is 32.2. The molecule has 2 aromatic rings. The van der Waals surface area contributed by atoms with E-state index in [1.54, 1.807) is 0 Å². The minimum absolute atomic E-state index is 0.0103. The molecule has 0 saturated carbocycles. The maximum absolute atomic E-state index is 7.05. The smallest absolute Gasteiger partial charge is 0.261 e. The SMILES string of the molecule is C/C(=C\C=C\CC[C@H](C)CCO[Si](C)(C)C(C)(C)C)C/C(C)=C/CCO[Si](c1ccccc1)(c1ccccc1)C(C)(C)C. The van der Waals surface area contributed by atoms with Gasteiger partial charge in [-0.15, -0.1) is 0 Å². The Hall–Kier alpha value is -1.99. The topological polar surface area (TPSA) is 18.5 Å². The van der Waals surface area contributed by atoms with Gasteiger partial charge < -0.3 is 8.85 Å². The van der Waals surface area contributed by atoms with E-state index in [9.17, 15) is 0 Å². The minimum atomic E-state index is -2.47. The molecule has 0 aliphatic heterocycles. The van der Waals surface area contributed by atoms with Crippen molar-refractivity contribution < 1.29 is 8.85 Å². The third kappa shape index (κ3) is 11.5. The molecule has 0 spiro atoms. The summed E-state index contributed by atoms with van der Waals surface area (Å²) in [5.74, 6) is 0.691. The first kappa shape index (κ1) is 37.2. The molecule has 0 unspecified atom stereocenters. The molecule has 2 nitrogen and oxygen atoms in total. The lowest BCUT2D eigenvalue weighted by molar-refractivity contribution is 0.257. The van der Waals surface area contributed by atoms with E-state index in [1.807, 2.05) is 0 Å². The molecule has 4 heteroatoms. The molecule has 2 aromatic carbocycles. The van der Waals surface area contributed by atoms with Gasteiger partial charge in [-0.1, -0.05) is 145 Å². The van der Waals surface area contributed by atoms with Crippen LogP contribution in [0.25, 0.3) is 0 Å². The highest BCUT2D eigenvalue weighted by molar-refractivity contribution is 6.99. The van der Waals surface area contributed by atoms with Crippen LogP contribution >= 0.6 is 0 Å². The second-order valence-electron chi connectivity index (χ2n) is 15.0. The van der Waals surface area contributed by atoms with E-state index in [0.717, 1.165) is 38.9 Å². The second kappa shape index (κ2) is 16.9. The molecule has 0 aliphatic carbocycles. The highest BCUT2D eigenvalue weighted by Crippen LogP contribution is 2.37.